The number of aryl methyl sites for hydroxylation is 2. The number of hydrogen-bond donors (Lipinski definition) is 2. The summed E-state index contributed by atoms with van der Waals surface area (Å²) in [6.07, 6.45) is 0. The molecule has 8 heteroatoms. The minimum atomic E-state index is -0.359. The van der Waals surface area contributed by atoms with E-state index in [9.17, 15) is 14.0 Å². The van der Waals surface area contributed by atoms with Crippen molar-refractivity contribution in [3.05, 3.63) is 63.9 Å². The van der Waals surface area contributed by atoms with Crippen LogP contribution >= 0.6 is 11.6 Å². The molecular weight excluding hydrogens is 431 g/mol. The molecule has 1 saturated heterocycles. The second kappa shape index (κ2) is 10.9. The first-order chi connectivity index (χ1) is 15.3. The second-order valence-electron chi connectivity index (χ2n) is 8.22. The molecule has 2 N–H and O–H groups in total. The molecule has 6 nitrogen and oxygen atoms in total. The van der Waals surface area contributed by atoms with Gasteiger partial charge in [0.15, 0.2) is 0 Å². The Labute approximate surface area is 193 Å². The molecule has 0 spiro atoms. The summed E-state index contributed by atoms with van der Waals surface area (Å²) in [5.41, 5.74) is 3.24. The van der Waals surface area contributed by atoms with Crippen molar-refractivity contribution in [2.75, 3.05) is 38.0 Å². The zero-order valence-corrected chi connectivity index (χ0v) is 19.5. The number of para-hydroxylation sites is 1. The van der Waals surface area contributed by atoms with Gasteiger partial charge < -0.3 is 10.6 Å². The molecule has 3 rings (SSSR count). The van der Waals surface area contributed by atoms with Crippen LogP contribution in [0.4, 0.5) is 10.1 Å². The predicted octanol–water partition coefficient (Wildman–Crippen LogP) is 3.36. The summed E-state index contributed by atoms with van der Waals surface area (Å²) in [5, 5.41) is 6.04. The van der Waals surface area contributed by atoms with Gasteiger partial charge in [0.05, 0.1) is 12.6 Å². The van der Waals surface area contributed by atoms with E-state index < -0.39 is 0 Å². The van der Waals surface area contributed by atoms with Crippen LogP contribution in [0.25, 0.3) is 0 Å². The van der Waals surface area contributed by atoms with Crippen LogP contribution in [0.15, 0.2) is 36.4 Å². The number of carbonyl (C=O) groups is 2. The minimum Gasteiger partial charge on any atom is -0.346 e. The monoisotopic (exact) mass is 460 g/mol. The third-order valence-corrected chi connectivity index (χ3v) is 6.30. The lowest BCUT2D eigenvalue weighted by Gasteiger charge is -2.37. The maximum absolute atomic E-state index is 14.0. The summed E-state index contributed by atoms with van der Waals surface area (Å²) in [5.74, 6) is -0.742. The largest absolute Gasteiger partial charge is 0.346 e. The zero-order valence-electron chi connectivity index (χ0n) is 18.8. The van der Waals surface area contributed by atoms with E-state index in [0.29, 0.717) is 43.3 Å². The van der Waals surface area contributed by atoms with Gasteiger partial charge in [0.25, 0.3) is 0 Å². The van der Waals surface area contributed by atoms with Crippen molar-refractivity contribution in [1.82, 2.24) is 15.1 Å². The molecule has 0 unspecified atom stereocenters. The first-order valence-corrected chi connectivity index (χ1v) is 11.2. The first-order valence-electron chi connectivity index (χ1n) is 10.8. The van der Waals surface area contributed by atoms with E-state index in [1.807, 2.05) is 39.0 Å². The first kappa shape index (κ1) is 24.2. The van der Waals surface area contributed by atoms with Gasteiger partial charge in [-0.15, -0.1) is 0 Å². The number of nitrogens with one attached hydrogen (secondary N) is 2. The number of carbonyl (C=O) groups excluding carboxylic acids is 2. The van der Waals surface area contributed by atoms with E-state index in [1.165, 1.54) is 6.07 Å². The fraction of sp³-hybridized carbons (Fsp3) is 0.417. The summed E-state index contributed by atoms with van der Waals surface area (Å²) in [6, 6.07) is 10.2. The Hall–Kier alpha value is -2.48. The van der Waals surface area contributed by atoms with Crippen LogP contribution in [0.1, 0.15) is 23.6 Å². The van der Waals surface area contributed by atoms with Crippen molar-refractivity contribution in [2.24, 2.45) is 0 Å². The summed E-state index contributed by atoms with van der Waals surface area (Å²) in [6.45, 7) is 8.82. The van der Waals surface area contributed by atoms with E-state index in [0.717, 1.165) is 16.8 Å². The average molecular weight is 461 g/mol. The van der Waals surface area contributed by atoms with Crippen LogP contribution in [0.5, 0.6) is 0 Å². The molecule has 1 atom stereocenters. The Morgan fingerprint density at radius 2 is 1.69 bits per heavy atom. The molecule has 1 aliphatic heterocycles. The van der Waals surface area contributed by atoms with Gasteiger partial charge in [0.2, 0.25) is 11.8 Å². The van der Waals surface area contributed by atoms with E-state index >= 15 is 0 Å². The third-order valence-electron chi connectivity index (χ3n) is 5.95. The van der Waals surface area contributed by atoms with Crippen LogP contribution in [0.2, 0.25) is 5.02 Å². The van der Waals surface area contributed by atoms with Gasteiger partial charge in [-0.2, -0.15) is 0 Å². The molecule has 172 valence electrons. The Morgan fingerprint density at radius 1 is 1.06 bits per heavy atom. The molecule has 0 saturated carbocycles. The summed E-state index contributed by atoms with van der Waals surface area (Å²) in [7, 11) is 0. The number of anilines is 1. The second-order valence-corrected chi connectivity index (χ2v) is 8.63. The summed E-state index contributed by atoms with van der Waals surface area (Å²) >= 11 is 6.14. The molecule has 2 amide bonds. The number of piperazine rings is 1. The highest BCUT2D eigenvalue weighted by molar-refractivity contribution is 6.31. The van der Waals surface area contributed by atoms with Crippen molar-refractivity contribution < 1.29 is 14.0 Å². The summed E-state index contributed by atoms with van der Waals surface area (Å²) in [4.78, 5) is 29.1. The lowest BCUT2D eigenvalue weighted by Crippen LogP contribution is -2.54. The Morgan fingerprint density at radius 3 is 2.31 bits per heavy atom. The smallest absolute Gasteiger partial charge is 0.243 e. The Bertz CT molecular complexity index is 936. The molecule has 1 heterocycles. The van der Waals surface area contributed by atoms with Crippen LogP contribution < -0.4 is 10.6 Å². The molecule has 1 aliphatic rings. The third kappa shape index (κ3) is 6.06. The maximum Gasteiger partial charge on any atom is 0.243 e. The standard InChI is InChI=1S/C24H30ClFN4O2/c1-16-6-4-7-17(2)23(16)28-22(31)14-27-24(32)18(3)30-12-10-29(11-13-30)15-19-20(25)8-5-9-21(19)26/h4-9,18H,10-15H2,1-3H3,(H,27,32)(H,28,31)/t18-/m0/s1. The quantitative estimate of drug-likeness (QED) is 0.665. The van der Waals surface area contributed by atoms with Gasteiger partial charge in [-0.3, -0.25) is 19.4 Å². The number of nitrogens with zero attached hydrogens (tertiary/aromatic N) is 2. The number of rotatable bonds is 7. The van der Waals surface area contributed by atoms with Gasteiger partial charge in [-0.25, -0.2) is 4.39 Å². The number of benzene rings is 2. The van der Waals surface area contributed by atoms with Crippen LogP contribution in [0, 0.1) is 19.7 Å². The molecule has 0 radical (unpaired) electrons. The fourth-order valence-electron chi connectivity index (χ4n) is 3.89. The van der Waals surface area contributed by atoms with Crippen molar-refractivity contribution in [3.63, 3.8) is 0 Å². The maximum atomic E-state index is 14.0. The predicted molar refractivity (Wildman–Crippen MR) is 125 cm³/mol. The number of amides is 2. The number of hydrogen-bond acceptors (Lipinski definition) is 4. The van der Waals surface area contributed by atoms with Gasteiger partial charge in [-0.1, -0.05) is 35.9 Å². The SMILES string of the molecule is Cc1cccc(C)c1NC(=O)CNC(=O)[C@H](C)N1CCN(Cc2c(F)cccc2Cl)CC1. The van der Waals surface area contributed by atoms with Crippen LogP contribution in [-0.4, -0.2) is 60.4 Å². The van der Waals surface area contributed by atoms with Crippen molar-refractivity contribution in [3.8, 4) is 0 Å². The van der Waals surface area contributed by atoms with Crippen molar-refractivity contribution in [1.29, 1.82) is 0 Å². The fourth-order valence-corrected chi connectivity index (χ4v) is 4.11. The molecule has 32 heavy (non-hydrogen) atoms. The molecule has 0 bridgehead atoms. The number of halogens is 2. The normalized spacial score (nSPS) is 15.9. The Kier molecular flexibility index (Phi) is 8.23. The van der Waals surface area contributed by atoms with Gasteiger partial charge in [0, 0.05) is 49.0 Å². The van der Waals surface area contributed by atoms with Crippen molar-refractivity contribution >= 4 is 29.1 Å². The molecule has 2 aromatic carbocycles. The van der Waals surface area contributed by atoms with E-state index in [-0.39, 0.29) is 30.2 Å². The lowest BCUT2D eigenvalue weighted by molar-refractivity contribution is -0.128. The van der Waals surface area contributed by atoms with Crippen molar-refractivity contribution in [2.45, 2.75) is 33.4 Å². The van der Waals surface area contributed by atoms with Gasteiger partial charge >= 0.3 is 0 Å². The van der Waals surface area contributed by atoms with Gasteiger partial charge in [-0.05, 0) is 44.0 Å². The summed E-state index contributed by atoms with van der Waals surface area (Å²) < 4.78 is 14.0. The average Bonchev–Trinajstić information content (AvgIpc) is 2.77. The highest BCUT2D eigenvalue weighted by Crippen LogP contribution is 2.22. The highest BCUT2D eigenvalue weighted by atomic mass is 35.5. The van der Waals surface area contributed by atoms with Crippen LogP contribution in [-0.2, 0) is 16.1 Å². The molecular formula is C24H30ClFN4O2. The Balaban J connectivity index is 1.45. The van der Waals surface area contributed by atoms with E-state index in [4.69, 9.17) is 11.6 Å². The molecule has 0 aliphatic carbocycles. The lowest BCUT2D eigenvalue weighted by atomic mass is 10.1. The van der Waals surface area contributed by atoms with Crippen LogP contribution in [0.3, 0.4) is 0 Å². The molecule has 2 aromatic rings. The van der Waals surface area contributed by atoms with E-state index in [2.05, 4.69) is 20.4 Å². The topological polar surface area (TPSA) is 64.7 Å². The van der Waals surface area contributed by atoms with E-state index in [1.54, 1.807) is 12.1 Å². The highest BCUT2D eigenvalue weighted by Gasteiger charge is 2.26. The molecule has 0 aromatic heterocycles. The molecule has 1 fully saturated rings. The van der Waals surface area contributed by atoms with Gasteiger partial charge in [0.1, 0.15) is 5.82 Å². The minimum absolute atomic E-state index is 0.0807. The zero-order chi connectivity index (χ0) is 23.3.